The van der Waals surface area contributed by atoms with Crippen LogP contribution in [-0.4, -0.2) is 30.2 Å². The number of halogens is 6. The molecule has 1 saturated carbocycles. The van der Waals surface area contributed by atoms with Crippen molar-refractivity contribution in [2.75, 3.05) is 13.1 Å². The second kappa shape index (κ2) is 9.51. The zero-order valence-corrected chi connectivity index (χ0v) is 16.4. The Morgan fingerprint density at radius 3 is 2.07 bits per heavy atom. The molecule has 2 atom stereocenters. The summed E-state index contributed by atoms with van der Waals surface area (Å²) in [6.45, 7) is 4.60. The maximum atomic E-state index is 12.8. The van der Waals surface area contributed by atoms with Crippen molar-refractivity contribution in [2.45, 2.75) is 76.7 Å². The van der Waals surface area contributed by atoms with Crippen LogP contribution in [0.5, 0.6) is 0 Å². The highest BCUT2D eigenvalue weighted by molar-refractivity contribution is 5.28. The highest BCUT2D eigenvalue weighted by Gasteiger charge is 2.35. The van der Waals surface area contributed by atoms with E-state index < -0.39 is 24.3 Å². The predicted octanol–water partition coefficient (Wildman–Crippen LogP) is 7.03. The van der Waals surface area contributed by atoms with Crippen molar-refractivity contribution in [3.05, 3.63) is 35.4 Å². The number of nitrogens with zero attached hydrogens (tertiary/aromatic N) is 1. The van der Waals surface area contributed by atoms with Gasteiger partial charge in [-0.1, -0.05) is 38.8 Å². The number of rotatable bonds is 7. The Balaban J connectivity index is 2.20. The van der Waals surface area contributed by atoms with Gasteiger partial charge in [0.25, 0.3) is 0 Å². The highest BCUT2D eigenvalue weighted by Crippen LogP contribution is 2.38. The Bertz CT molecular complexity index is 590. The molecular weight excluding hydrogens is 380 g/mol. The molecule has 0 spiro atoms. The van der Waals surface area contributed by atoms with E-state index in [1.807, 2.05) is 18.7 Å². The van der Waals surface area contributed by atoms with E-state index in [0.29, 0.717) is 12.5 Å². The van der Waals surface area contributed by atoms with Gasteiger partial charge in [-0.25, -0.2) is 0 Å². The summed E-state index contributed by atoms with van der Waals surface area (Å²) in [5.41, 5.74) is 0.0941. The molecule has 0 heterocycles. The number of benzene rings is 1. The third kappa shape index (κ3) is 6.98. The number of alkyl halides is 6. The van der Waals surface area contributed by atoms with Crippen LogP contribution in [0, 0.1) is 5.92 Å². The molecule has 1 aliphatic rings. The van der Waals surface area contributed by atoms with Crippen LogP contribution in [0.4, 0.5) is 26.3 Å². The average Bonchev–Trinajstić information content (AvgIpc) is 2.60. The lowest BCUT2D eigenvalue weighted by molar-refractivity contribution is -0.140. The lowest BCUT2D eigenvalue weighted by atomic mass is 9.78. The van der Waals surface area contributed by atoms with Crippen LogP contribution in [0.1, 0.15) is 69.4 Å². The van der Waals surface area contributed by atoms with Crippen LogP contribution in [-0.2, 0) is 6.18 Å². The van der Waals surface area contributed by atoms with E-state index in [1.165, 1.54) is 12.1 Å². The van der Waals surface area contributed by atoms with Gasteiger partial charge in [-0.3, -0.25) is 4.90 Å². The fraction of sp³-hybridized carbons (Fsp3) is 0.714. The Morgan fingerprint density at radius 2 is 1.54 bits per heavy atom. The van der Waals surface area contributed by atoms with E-state index in [4.69, 9.17) is 0 Å². The van der Waals surface area contributed by atoms with E-state index in [1.54, 1.807) is 0 Å². The SMILES string of the molecule is CC(C)CCN(CCC(F)(F)F)[C@@H]1CCCC[C@H]1c1ccc(C(F)(F)F)cc1. The molecule has 0 amide bonds. The zero-order valence-electron chi connectivity index (χ0n) is 16.4. The monoisotopic (exact) mass is 409 g/mol. The lowest BCUT2D eigenvalue weighted by Crippen LogP contribution is -2.43. The molecule has 7 heteroatoms. The second-order valence-electron chi connectivity index (χ2n) is 8.16. The van der Waals surface area contributed by atoms with Crippen LogP contribution in [0.15, 0.2) is 24.3 Å². The molecule has 1 nitrogen and oxygen atoms in total. The predicted molar refractivity (Wildman–Crippen MR) is 98.1 cm³/mol. The molecule has 0 N–H and O–H groups in total. The first kappa shape index (κ1) is 23.0. The fourth-order valence-corrected chi connectivity index (χ4v) is 3.99. The molecular formula is C21H29F6N. The van der Waals surface area contributed by atoms with Gasteiger partial charge in [-0.2, -0.15) is 26.3 Å². The summed E-state index contributed by atoms with van der Waals surface area (Å²) in [5, 5.41) is 0. The topological polar surface area (TPSA) is 3.24 Å². The van der Waals surface area contributed by atoms with Crippen molar-refractivity contribution in [2.24, 2.45) is 5.92 Å². The molecule has 0 radical (unpaired) electrons. The van der Waals surface area contributed by atoms with Crippen molar-refractivity contribution in [1.29, 1.82) is 0 Å². The Hall–Kier alpha value is -1.24. The summed E-state index contributed by atoms with van der Waals surface area (Å²) in [6.07, 6.45) is -5.21. The lowest BCUT2D eigenvalue weighted by Gasteiger charge is -2.41. The molecule has 0 bridgehead atoms. The first-order valence-corrected chi connectivity index (χ1v) is 9.95. The Morgan fingerprint density at radius 1 is 0.929 bits per heavy atom. The smallest absolute Gasteiger partial charge is 0.299 e. The van der Waals surface area contributed by atoms with Gasteiger partial charge in [0.05, 0.1) is 12.0 Å². The number of hydrogen-bond acceptors (Lipinski definition) is 1. The maximum absolute atomic E-state index is 12.8. The molecule has 1 aromatic rings. The minimum Gasteiger partial charge on any atom is -0.299 e. The van der Waals surface area contributed by atoms with Crippen molar-refractivity contribution in [3.8, 4) is 0 Å². The molecule has 1 fully saturated rings. The molecule has 0 aliphatic heterocycles. The quantitative estimate of drug-likeness (QED) is 0.437. The first-order valence-electron chi connectivity index (χ1n) is 9.95. The van der Waals surface area contributed by atoms with Gasteiger partial charge in [0.15, 0.2) is 0 Å². The third-order valence-electron chi connectivity index (χ3n) is 5.54. The van der Waals surface area contributed by atoms with Gasteiger partial charge < -0.3 is 0 Å². The minimum absolute atomic E-state index is 0.0311. The van der Waals surface area contributed by atoms with Gasteiger partial charge in [0.1, 0.15) is 0 Å². The molecule has 160 valence electrons. The molecule has 1 aromatic carbocycles. The first-order chi connectivity index (χ1) is 13.0. The van der Waals surface area contributed by atoms with E-state index in [9.17, 15) is 26.3 Å². The fourth-order valence-electron chi connectivity index (χ4n) is 3.99. The second-order valence-corrected chi connectivity index (χ2v) is 8.16. The summed E-state index contributed by atoms with van der Waals surface area (Å²) >= 11 is 0. The largest absolute Gasteiger partial charge is 0.416 e. The van der Waals surface area contributed by atoms with Crippen molar-refractivity contribution >= 4 is 0 Å². The van der Waals surface area contributed by atoms with Crippen molar-refractivity contribution in [3.63, 3.8) is 0 Å². The van der Waals surface area contributed by atoms with E-state index in [-0.39, 0.29) is 18.5 Å². The van der Waals surface area contributed by atoms with Gasteiger partial charge in [0.2, 0.25) is 0 Å². The summed E-state index contributed by atoms with van der Waals surface area (Å²) in [5.74, 6) is 0.345. The van der Waals surface area contributed by atoms with E-state index in [0.717, 1.165) is 49.8 Å². The van der Waals surface area contributed by atoms with Gasteiger partial charge >= 0.3 is 12.4 Å². The number of hydrogen-bond donors (Lipinski definition) is 0. The Labute approximate surface area is 163 Å². The molecule has 1 aliphatic carbocycles. The molecule has 0 saturated heterocycles. The highest BCUT2D eigenvalue weighted by atomic mass is 19.4. The standard InChI is InChI=1S/C21H29F6N/c1-15(2)11-13-28(14-12-20(22,23)24)19-6-4-3-5-18(19)16-7-9-17(10-8-16)21(25,26)27/h7-10,15,18-19H,3-6,11-14H2,1-2H3/t18-,19+/m0/s1. The van der Waals surface area contributed by atoms with Gasteiger partial charge in [-0.15, -0.1) is 0 Å². The van der Waals surface area contributed by atoms with Gasteiger partial charge in [-0.05, 0) is 55.3 Å². The van der Waals surface area contributed by atoms with E-state index >= 15 is 0 Å². The average molecular weight is 409 g/mol. The summed E-state index contributed by atoms with van der Waals surface area (Å²) in [6, 6.07) is 5.09. The molecule has 28 heavy (non-hydrogen) atoms. The van der Waals surface area contributed by atoms with Crippen LogP contribution >= 0.6 is 0 Å². The normalized spacial score (nSPS) is 21.5. The third-order valence-corrected chi connectivity index (χ3v) is 5.54. The molecule has 0 unspecified atom stereocenters. The van der Waals surface area contributed by atoms with Crippen LogP contribution in [0.2, 0.25) is 0 Å². The van der Waals surface area contributed by atoms with E-state index in [2.05, 4.69) is 0 Å². The summed E-state index contributed by atoms with van der Waals surface area (Å²) < 4.78 is 77.0. The molecule has 2 rings (SSSR count). The van der Waals surface area contributed by atoms with Gasteiger partial charge in [0, 0.05) is 12.6 Å². The summed E-state index contributed by atoms with van der Waals surface area (Å²) in [7, 11) is 0. The molecule has 0 aromatic heterocycles. The maximum Gasteiger partial charge on any atom is 0.416 e. The van der Waals surface area contributed by atoms with Crippen molar-refractivity contribution < 1.29 is 26.3 Å². The van der Waals surface area contributed by atoms with Crippen LogP contribution in [0.25, 0.3) is 0 Å². The van der Waals surface area contributed by atoms with Crippen LogP contribution in [0.3, 0.4) is 0 Å². The summed E-state index contributed by atoms with van der Waals surface area (Å²) in [4.78, 5) is 1.93. The zero-order chi connectivity index (χ0) is 20.9. The van der Waals surface area contributed by atoms with Crippen LogP contribution < -0.4 is 0 Å². The minimum atomic E-state index is -4.39. The van der Waals surface area contributed by atoms with Crippen molar-refractivity contribution in [1.82, 2.24) is 4.90 Å². The Kier molecular flexibility index (Phi) is 7.82.